The monoisotopic (exact) mass is 154 g/mol. The van der Waals surface area contributed by atoms with Crippen LogP contribution >= 0.6 is 0 Å². The molecule has 0 saturated heterocycles. The van der Waals surface area contributed by atoms with Gasteiger partial charge in [-0.25, -0.2) is 0 Å². The van der Waals surface area contributed by atoms with Crippen molar-refractivity contribution in [1.82, 2.24) is 0 Å². The highest BCUT2D eigenvalue weighted by atomic mass is 32.1. The lowest BCUT2D eigenvalue weighted by molar-refractivity contribution is 1.30. The fourth-order valence-electron chi connectivity index (χ4n) is 0.534. The van der Waals surface area contributed by atoms with E-state index in [9.17, 15) is 0 Å². The van der Waals surface area contributed by atoms with Crippen molar-refractivity contribution >= 4 is 12.4 Å². The van der Waals surface area contributed by atoms with Crippen molar-refractivity contribution < 1.29 is 0 Å². The summed E-state index contributed by atoms with van der Waals surface area (Å²) in [6.45, 7) is 2.08. The van der Waals surface area contributed by atoms with Gasteiger partial charge in [-0.2, -0.15) is 0 Å². The van der Waals surface area contributed by atoms with Gasteiger partial charge in [-0.1, -0.05) is 35.9 Å². The summed E-state index contributed by atoms with van der Waals surface area (Å²) in [6.07, 6.45) is 0. The van der Waals surface area contributed by atoms with Crippen molar-refractivity contribution in [3.63, 3.8) is 0 Å². The zero-order chi connectivity index (χ0) is 7.82. The van der Waals surface area contributed by atoms with Gasteiger partial charge in [0.15, 0.2) is 0 Å². The summed E-state index contributed by atoms with van der Waals surface area (Å²) >= 11 is 3.80. The van der Waals surface area contributed by atoms with Gasteiger partial charge in [0.1, 0.15) is 0 Å². The van der Waals surface area contributed by atoms with Gasteiger partial charge in [-0.3, -0.25) is 0 Å². The largest absolute Gasteiger partial charge is 0.312 e. The fourth-order valence-corrected chi connectivity index (χ4v) is 0.534. The van der Waals surface area contributed by atoms with E-state index in [0.29, 0.717) is 0 Å². The Morgan fingerprint density at radius 1 is 1.30 bits per heavy atom. The summed E-state index contributed by atoms with van der Waals surface area (Å²) in [7, 11) is 0. The van der Waals surface area contributed by atoms with Gasteiger partial charge in [0.05, 0.1) is 12.4 Å². The third-order valence-corrected chi connectivity index (χ3v) is 0.940. The zero-order valence-electron chi connectivity index (χ0n) is 5.82. The van der Waals surface area contributed by atoms with Crippen LogP contribution in [0, 0.1) is 6.92 Å². The predicted octanol–water partition coefficient (Wildman–Crippen LogP) is 1.59. The van der Waals surface area contributed by atoms with E-state index in [1.165, 1.54) is 5.56 Å². The van der Waals surface area contributed by atoms with E-state index in [2.05, 4.69) is 41.8 Å². The lowest BCUT2D eigenvalue weighted by atomic mass is 10.2. The normalized spacial score (nSPS) is 7.30. The number of hydrogen-bond donors (Lipinski definition) is 1. The molecule has 0 aliphatic carbocycles. The van der Waals surface area contributed by atoms with E-state index in [1.807, 2.05) is 18.2 Å². The average Bonchev–Trinajstić information content (AvgIpc) is 1.91. The number of hydrogen-bond acceptors (Lipinski definition) is 2. The van der Waals surface area contributed by atoms with Crippen LogP contribution in [0.2, 0.25) is 0 Å². The van der Waals surface area contributed by atoms with Crippen molar-refractivity contribution in [3.8, 4) is 0 Å². The molecule has 0 radical (unpaired) electrons. The molecule has 10 heavy (non-hydrogen) atoms. The molecule has 0 fully saturated rings. The molecule has 0 aliphatic heterocycles. The second-order valence-corrected chi connectivity index (χ2v) is 1.97. The quantitative estimate of drug-likeness (QED) is 0.455. The van der Waals surface area contributed by atoms with E-state index < -0.39 is 0 Å². The molecule has 0 atom stereocenters. The molecule has 1 rings (SSSR count). The Bertz CT molecular complexity index is 174. The molecule has 0 saturated carbocycles. The minimum atomic E-state index is 1.32. The molecule has 2 nitrogen and oxygen atoms in total. The predicted molar refractivity (Wildman–Crippen MR) is 45.2 cm³/mol. The topological polar surface area (TPSA) is 38.4 Å². The minimum absolute atomic E-state index is 1.32. The Morgan fingerprint density at radius 3 is 1.90 bits per heavy atom. The summed E-state index contributed by atoms with van der Waals surface area (Å²) in [5.41, 5.74) is 1.32. The van der Waals surface area contributed by atoms with Crippen LogP contribution < -0.4 is 5.84 Å². The second-order valence-electron chi connectivity index (χ2n) is 1.76. The van der Waals surface area contributed by atoms with Gasteiger partial charge in [0, 0.05) is 0 Å². The molecule has 0 aliphatic rings. The number of nitrogens with zero attached hydrogens (tertiary/aromatic N) is 1. The van der Waals surface area contributed by atoms with Crippen LogP contribution in [0.3, 0.4) is 0 Å². The van der Waals surface area contributed by atoms with Gasteiger partial charge in [-0.15, -0.1) is 4.47 Å². The molecule has 0 heterocycles. The number of rotatable bonds is 0. The van der Waals surface area contributed by atoms with Gasteiger partial charge in [0.25, 0.3) is 0 Å². The van der Waals surface area contributed by atoms with E-state index in [-0.39, 0.29) is 0 Å². The standard InChI is InChI=1S/C7H8.H2N2S/c1-7-5-3-2-4-6-7;1-2-3/h2-6H,1H3;(H2,1,3). The first-order valence-corrected chi connectivity index (χ1v) is 3.22. The van der Waals surface area contributed by atoms with Crippen molar-refractivity contribution in [2.45, 2.75) is 6.92 Å². The summed E-state index contributed by atoms with van der Waals surface area (Å²) in [5, 5.41) is 0. The molecule has 1 aromatic carbocycles. The molecular formula is C7H10N2S. The first kappa shape index (κ1) is 9.04. The minimum Gasteiger partial charge on any atom is -0.312 e. The zero-order valence-corrected chi connectivity index (χ0v) is 6.64. The van der Waals surface area contributed by atoms with E-state index in [1.54, 1.807) is 0 Å². The van der Waals surface area contributed by atoms with Crippen molar-refractivity contribution in [2.24, 2.45) is 10.3 Å². The van der Waals surface area contributed by atoms with Crippen molar-refractivity contribution in [3.05, 3.63) is 35.9 Å². The second kappa shape index (κ2) is 6.16. The van der Waals surface area contributed by atoms with E-state index in [4.69, 9.17) is 0 Å². The SMILES string of the molecule is Cc1ccccc1.NN=S. The average molecular weight is 154 g/mol. The molecule has 0 spiro atoms. The molecule has 2 N–H and O–H groups in total. The molecule has 0 bridgehead atoms. The maximum Gasteiger partial charge on any atom is 0.0623 e. The third-order valence-electron chi connectivity index (χ3n) is 0.940. The van der Waals surface area contributed by atoms with Gasteiger partial charge in [-0.05, 0) is 6.92 Å². The number of aryl methyl sites for hydroxylation is 1. The van der Waals surface area contributed by atoms with Gasteiger partial charge < -0.3 is 5.84 Å². The van der Waals surface area contributed by atoms with Crippen LogP contribution in [-0.4, -0.2) is 0 Å². The molecular weight excluding hydrogens is 144 g/mol. The highest BCUT2D eigenvalue weighted by molar-refractivity contribution is 7.47. The van der Waals surface area contributed by atoms with Crippen molar-refractivity contribution in [1.29, 1.82) is 0 Å². The Morgan fingerprint density at radius 2 is 1.70 bits per heavy atom. The van der Waals surface area contributed by atoms with E-state index >= 15 is 0 Å². The van der Waals surface area contributed by atoms with Gasteiger partial charge in [0.2, 0.25) is 0 Å². The highest BCUT2D eigenvalue weighted by Gasteiger charge is 1.72. The molecule has 0 unspecified atom stereocenters. The number of nitrogens with two attached hydrogens (primary N) is 1. The smallest absolute Gasteiger partial charge is 0.0623 e. The summed E-state index contributed by atoms with van der Waals surface area (Å²) in [4.78, 5) is 0. The summed E-state index contributed by atoms with van der Waals surface area (Å²) in [6, 6.07) is 10.3. The summed E-state index contributed by atoms with van der Waals surface area (Å²) < 4.78 is 2.58. The Hall–Kier alpha value is -0.960. The lowest BCUT2D eigenvalue weighted by Crippen LogP contribution is -1.66. The Balaban J connectivity index is 0.000000236. The Labute approximate surface area is 66.2 Å². The molecule has 54 valence electrons. The van der Waals surface area contributed by atoms with Crippen LogP contribution in [-0.2, 0) is 12.4 Å². The number of benzene rings is 1. The summed E-state index contributed by atoms with van der Waals surface area (Å²) in [5.74, 6) is 4.29. The van der Waals surface area contributed by atoms with Crippen LogP contribution in [0.25, 0.3) is 0 Å². The molecule has 1 aromatic rings. The highest BCUT2D eigenvalue weighted by Crippen LogP contribution is 1.92. The molecule has 0 amide bonds. The fraction of sp³-hybridized carbons (Fsp3) is 0.143. The van der Waals surface area contributed by atoms with Gasteiger partial charge >= 0.3 is 0 Å². The maximum absolute atomic E-state index is 4.29. The van der Waals surface area contributed by atoms with Crippen LogP contribution in [0.4, 0.5) is 0 Å². The van der Waals surface area contributed by atoms with Crippen LogP contribution in [0.1, 0.15) is 5.56 Å². The molecule has 0 aromatic heterocycles. The van der Waals surface area contributed by atoms with E-state index in [0.717, 1.165) is 0 Å². The maximum atomic E-state index is 4.29. The first-order chi connectivity index (χ1) is 4.81. The third kappa shape index (κ3) is 5.18. The van der Waals surface area contributed by atoms with Crippen LogP contribution in [0.15, 0.2) is 34.8 Å². The van der Waals surface area contributed by atoms with Crippen molar-refractivity contribution in [2.75, 3.05) is 0 Å². The molecule has 3 heteroatoms. The lowest BCUT2D eigenvalue weighted by Gasteiger charge is -1.82. The Kier molecular flexibility index (Phi) is 5.57. The van der Waals surface area contributed by atoms with Crippen LogP contribution in [0.5, 0.6) is 0 Å². The first-order valence-electron chi connectivity index (χ1n) is 2.85.